The fourth-order valence-electron chi connectivity index (χ4n) is 2.41. The molecule has 0 spiro atoms. The van der Waals surface area contributed by atoms with Crippen LogP contribution in [0, 0.1) is 6.92 Å². The Morgan fingerprint density at radius 1 is 1.08 bits per heavy atom. The molecule has 0 saturated carbocycles. The van der Waals surface area contributed by atoms with Gasteiger partial charge in [-0.1, -0.05) is 42.0 Å². The molecule has 3 aromatic rings. The number of fused-ring (bicyclic) bond motifs is 1. The molecule has 0 bridgehead atoms. The van der Waals surface area contributed by atoms with Gasteiger partial charge in [0.05, 0.1) is 5.56 Å². The Kier molecular flexibility index (Phi) is 6.51. The first-order valence-corrected chi connectivity index (χ1v) is 10.7. The second-order valence-corrected chi connectivity index (χ2v) is 9.30. The molecular formula is C19H20NO4PS. The summed E-state index contributed by atoms with van der Waals surface area (Å²) in [6, 6.07) is 17.9. The van der Waals surface area contributed by atoms with Crippen molar-refractivity contribution in [2.75, 3.05) is 5.73 Å². The summed E-state index contributed by atoms with van der Waals surface area (Å²) in [5.41, 5.74) is 8.33. The molecule has 0 amide bonds. The Morgan fingerprint density at radius 3 is 2.27 bits per heavy atom. The van der Waals surface area contributed by atoms with Gasteiger partial charge in [0, 0.05) is 11.8 Å². The number of anilines is 1. The maximum absolute atomic E-state index is 11.1. The summed E-state index contributed by atoms with van der Waals surface area (Å²) in [6.07, 6.45) is -0.0216. The predicted octanol–water partition coefficient (Wildman–Crippen LogP) is 3.91. The SMILES string of the molecule is Cc1ccc(N)cc1.O=C(O)c1cccc2ccc(CP(O)(O)=S)cc12. The van der Waals surface area contributed by atoms with Crippen LogP contribution in [0.5, 0.6) is 0 Å². The van der Waals surface area contributed by atoms with E-state index in [1.54, 1.807) is 30.3 Å². The second kappa shape index (κ2) is 8.43. The molecule has 0 fully saturated rings. The third-order valence-corrected chi connectivity index (χ3v) is 4.81. The van der Waals surface area contributed by atoms with E-state index in [-0.39, 0.29) is 11.7 Å². The molecule has 0 aliphatic heterocycles. The van der Waals surface area contributed by atoms with Gasteiger partial charge in [-0.2, -0.15) is 0 Å². The Hall–Kier alpha value is -2.24. The lowest BCUT2D eigenvalue weighted by Gasteiger charge is -2.09. The van der Waals surface area contributed by atoms with Gasteiger partial charge in [-0.25, -0.2) is 4.79 Å². The fourth-order valence-corrected chi connectivity index (χ4v) is 3.53. The van der Waals surface area contributed by atoms with E-state index in [0.29, 0.717) is 10.9 Å². The number of nitrogen functional groups attached to an aromatic ring is 1. The Labute approximate surface area is 156 Å². The summed E-state index contributed by atoms with van der Waals surface area (Å²) in [6.45, 7) is -1.28. The van der Waals surface area contributed by atoms with Crippen LogP contribution in [0.25, 0.3) is 10.8 Å². The van der Waals surface area contributed by atoms with E-state index >= 15 is 0 Å². The van der Waals surface area contributed by atoms with Gasteiger partial charge in [-0.05, 0) is 59.3 Å². The normalized spacial score (nSPS) is 10.9. The monoisotopic (exact) mass is 389 g/mol. The van der Waals surface area contributed by atoms with E-state index < -0.39 is 12.5 Å². The first kappa shape index (κ1) is 20.1. The van der Waals surface area contributed by atoms with Crippen molar-refractivity contribution in [1.29, 1.82) is 0 Å². The highest BCUT2D eigenvalue weighted by Crippen LogP contribution is 2.40. The molecule has 0 aliphatic carbocycles. The van der Waals surface area contributed by atoms with Crippen molar-refractivity contribution >= 4 is 40.7 Å². The first-order chi connectivity index (χ1) is 12.2. The minimum absolute atomic E-state index is 0.0216. The second-order valence-electron chi connectivity index (χ2n) is 5.90. The van der Waals surface area contributed by atoms with Crippen molar-refractivity contribution in [3.8, 4) is 0 Å². The number of rotatable bonds is 3. The summed E-state index contributed by atoms with van der Waals surface area (Å²) in [5, 5.41) is 10.5. The molecule has 0 radical (unpaired) electrons. The van der Waals surface area contributed by atoms with Crippen molar-refractivity contribution in [2.24, 2.45) is 0 Å². The molecule has 3 rings (SSSR count). The highest BCUT2D eigenvalue weighted by Gasteiger charge is 2.12. The van der Waals surface area contributed by atoms with Crippen LogP contribution >= 0.6 is 6.49 Å². The van der Waals surface area contributed by atoms with Crippen LogP contribution in [0.15, 0.2) is 60.7 Å². The fraction of sp³-hybridized carbons (Fsp3) is 0.105. The number of nitrogens with two attached hydrogens (primary N) is 1. The highest BCUT2D eigenvalue weighted by molar-refractivity contribution is 8.08. The van der Waals surface area contributed by atoms with Crippen LogP contribution in [-0.4, -0.2) is 20.9 Å². The molecule has 0 unspecified atom stereocenters. The maximum Gasteiger partial charge on any atom is 0.336 e. The molecule has 3 aromatic carbocycles. The van der Waals surface area contributed by atoms with Gasteiger partial charge in [0.25, 0.3) is 0 Å². The number of hydrogen-bond acceptors (Lipinski definition) is 3. The van der Waals surface area contributed by atoms with Gasteiger partial charge in [-0.3, -0.25) is 0 Å². The van der Waals surface area contributed by atoms with Gasteiger partial charge in [0.2, 0.25) is 0 Å². The number of aromatic carboxylic acids is 1. The standard InChI is InChI=1S/C12H11O4PS.C7H9N/c13-12(14)10-3-1-2-9-5-4-8(6-11(9)10)7-17(15,16)18;1-6-2-4-7(8)5-3-6/h1-6H,7H2,(H,13,14)(H2,15,16,18);2-5H,8H2,1H3. The van der Waals surface area contributed by atoms with Gasteiger partial charge in [0.1, 0.15) is 0 Å². The van der Waals surface area contributed by atoms with E-state index in [1.165, 1.54) is 11.6 Å². The van der Waals surface area contributed by atoms with Crippen LogP contribution in [0.2, 0.25) is 0 Å². The van der Waals surface area contributed by atoms with Crippen LogP contribution in [0.1, 0.15) is 21.5 Å². The maximum atomic E-state index is 11.1. The minimum atomic E-state index is -3.32. The van der Waals surface area contributed by atoms with Gasteiger partial charge < -0.3 is 20.6 Å². The van der Waals surface area contributed by atoms with Crippen molar-refractivity contribution in [3.63, 3.8) is 0 Å². The largest absolute Gasteiger partial charge is 0.478 e. The topological polar surface area (TPSA) is 104 Å². The molecule has 0 saturated heterocycles. The molecule has 5 nitrogen and oxygen atoms in total. The van der Waals surface area contributed by atoms with Crippen molar-refractivity contribution in [1.82, 2.24) is 0 Å². The van der Waals surface area contributed by atoms with Crippen LogP contribution in [-0.2, 0) is 18.0 Å². The summed E-state index contributed by atoms with van der Waals surface area (Å²) >= 11 is 4.58. The molecule has 0 heterocycles. The molecule has 0 aromatic heterocycles. The lowest BCUT2D eigenvalue weighted by atomic mass is 10.0. The quantitative estimate of drug-likeness (QED) is 0.400. The predicted molar refractivity (Wildman–Crippen MR) is 109 cm³/mol. The molecule has 136 valence electrons. The molecule has 0 atom stereocenters. The zero-order valence-electron chi connectivity index (χ0n) is 14.2. The van der Waals surface area contributed by atoms with E-state index in [1.807, 2.05) is 31.2 Å². The lowest BCUT2D eigenvalue weighted by Crippen LogP contribution is -1.97. The lowest BCUT2D eigenvalue weighted by molar-refractivity contribution is 0.0699. The Morgan fingerprint density at radius 2 is 1.73 bits per heavy atom. The van der Waals surface area contributed by atoms with Crippen molar-refractivity contribution in [2.45, 2.75) is 13.1 Å². The number of carboxylic acid groups (broad SMARTS) is 1. The summed E-state index contributed by atoms with van der Waals surface area (Å²) < 4.78 is 0. The molecule has 5 N–H and O–H groups in total. The average molecular weight is 389 g/mol. The van der Waals surface area contributed by atoms with Crippen LogP contribution in [0.4, 0.5) is 5.69 Å². The average Bonchev–Trinajstić information content (AvgIpc) is 2.56. The third-order valence-electron chi connectivity index (χ3n) is 3.64. The third kappa shape index (κ3) is 5.93. The number of aryl methyl sites for hydroxylation is 1. The molecular weight excluding hydrogens is 369 g/mol. The number of carboxylic acids is 1. The minimum Gasteiger partial charge on any atom is -0.478 e. The van der Waals surface area contributed by atoms with Gasteiger partial charge >= 0.3 is 5.97 Å². The zero-order chi connectivity index (χ0) is 19.3. The number of hydrogen-bond donors (Lipinski definition) is 4. The Balaban J connectivity index is 0.000000254. The summed E-state index contributed by atoms with van der Waals surface area (Å²) in [7, 11) is 0. The van der Waals surface area contributed by atoms with Crippen LogP contribution in [0.3, 0.4) is 0 Å². The number of benzene rings is 3. The van der Waals surface area contributed by atoms with E-state index in [9.17, 15) is 14.6 Å². The van der Waals surface area contributed by atoms with E-state index in [0.717, 1.165) is 11.1 Å². The zero-order valence-corrected chi connectivity index (χ0v) is 15.9. The van der Waals surface area contributed by atoms with E-state index in [2.05, 4.69) is 11.8 Å². The molecule has 7 heteroatoms. The molecule has 26 heavy (non-hydrogen) atoms. The van der Waals surface area contributed by atoms with Crippen molar-refractivity contribution < 1.29 is 19.7 Å². The van der Waals surface area contributed by atoms with Crippen molar-refractivity contribution in [3.05, 3.63) is 77.4 Å². The summed E-state index contributed by atoms with van der Waals surface area (Å²) in [4.78, 5) is 29.7. The first-order valence-electron chi connectivity index (χ1n) is 7.77. The molecule has 0 aliphatic rings. The van der Waals surface area contributed by atoms with Gasteiger partial charge in [-0.15, -0.1) is 0 Å². The summed E-state index contributed by atoms with van der Waals surface area (Å²) in [5.74, 6) is -1.01. The Bertz CT molecular complexity index is 946. The van der Waals surface area contributed by atoms with E-state index in [4.69, 9.17) is 10.8 Å². The number of carbonyl (C=O) groups is 1. The van der Waals surface area contributed by atoms with Crippen LogP contribution < -0.4 is 5.73 Å². The smallest absolute Gasteiger partial charge is 0.336 e. The highest BCUT2D eigenvalue weighted by atomic mass is 32.5. The van der Waals surface area contributed by atoms with Gasteiger partial charge in [0.15, 0.2) is 6.49 Å².